The van der Waals surface area contributed by atoms with Crippen LogP contribution in [0.3, 0.4) is 0 Å². The zero-order valence-corrected chi connectivity index (χ0v) is 13.4. The Morgan fingerprint density at radius 3 is 2.23 bits per heavy atom. The van der Waals surface area contributed by atoms with Crippen LogP contribution in [-0.4, -0.2) is 68.6 Å². The summed E-state index contributed by atoms with van der Waals surface area (Å²) in [5, 5.41) is 2.68. The van der Waals surface area contributed by atoms with Gasteiger partial charge in [-0.2, -0.15) is 0 Å². The van der Waals surface area contributed by atoms with E-state index in [0.29, 0.717) is 0 Å². The minimum Gasteiger partial charge on any atom is -0.371 e. The second kappa shape index (κ2) is 7.11. The van der Waals surface area contributed by atoms with E-state index in [2.05, 4.69) is 39.2 Å². The molecular formula is C17H26N4O. The van der Waals surface area contributed by atoms with Gasteiger partial charge < -0.3 is 15.1 Å². The third-order valence-corrected chi connectivity index (χ3v) is 4.98. The number of piperidine rings is 1. The summed E-state index contributed by atoms with van der Waals surface area (Å²) in [4.78, 5) is 18.0. The number of piperazine rings is 1. The van der Waals surface area contributed by atoms with Gasteiger partial charge in [0.2, 0.25) is 6.41 Å². The fourth-order valence-corrected chi connectivity index (χ4v) is 3.51. The lowest BCUT2D eigenvalue weighted by atomic mass is 10.0. The maximum atomic E-state index is 10.4. The van der Waals surface area contributed by atoms with E-state index in [1.54, 1.807) is 0 Å². The van der Waals surface area contributed by atoms with Gasteiger partial charge in [-0.05, 0) is 44.2 Å². The van der Waals surface area contributed by atoms with Gasteiger partial charge in [0, 0.05) is 56.7 Å². The van der Waals surface area contributed by atoms with Crippen molar-refractivity contribution in [2.45, 2.75) is 18.9 Å². The summed E-state index contributed by atoms with van der Waals surface area (Å²) in [6, 6.07) is 8.89. The molecule has 5 nitrogen and oxygen atoms in total. The molecule has 1 amide bonds. The van der Waals surface area contributed by atoms with Gasteiger partial charge in [-0.15, -0.1) is 0 Å². The van der Waals surface area contributed by atoms with Gasteiger partial charge in [-0.3, -0.25) is 9.69 Å². The molecule has 2 heterocycles. The van der Waals surface area contributed by atoms with Gasteiger partial charge in [-0.25, -0.2) is 0 Å². The van der Waals surface area contributed by atoms with Crippen molar-refractivity contribution < 1.29 is 4.79 Å². The third-order valence-electron chi connectivity index (χ3n) is 4.98. The number of nitrogens with one attached hydrogen (secondary N) is 1. The van der Waals surface area contributed by atoms with Crippen LogP contribution >= 0.6 is 0 Å². The van der Waals surface area contributed by atoms with Crippen LogP contribution < -0.4 is 10.2 Å². The van der Waals surface area contributed by atoms with Gasteiger partial charge in [0.15, 0.2) is 0 Å². The molecule has 0 radical (unpaired) electrons. The minimum absolute atomic E-state index is 0.719. The summed E-state index contributed by atoms with van der Waals surface area (Å²) in [5.41, 5.74) is 2.11. The maximum Gasteiger partial charge on any atom is 0.211 e. The van der Waals surface area contributed by atoms with Crippen LogP contribution in [-0.2, 0) is 4.79 Å². The number of hydrogen-bond donors (Lipinski definition) is 1. The summed E-state index contributed by atoms with van der Waals surface area (Å²) < 4.78 is 0. The molecule has 120 valence electrons. The quantitative estimate of drug-likeness (QED) is 0.855. The number of carbonyl (C=O) groups excluding carboxylic acids is 1. The van der Waals surface area contributed by atoms with Gasteiger partial charge in [0.1, 0.15) is 0 Å². The van der Waals surface area contributed by atoms with E-state index in [1.165, 1.54) is 44.7 Å². The molecule has 0 unspecified atom stereocenters. The zero-order valence-electron chi connectivity index (χ0n) is 13.4. The lowest BCUT2D eigenvalue weighted by molar-refractivity contribution is -0.105. The first kappa shape index (κ1) is 15.3. The highest BCUT2D eigenvalue weighted by atomic mass is 16.1. The predicted octanol–water partition coefficient (Wildman–Crippen LogP) is 1.47. The van der Waals surface area contributed by atoms with Crippen LogP contribution in [0.25, 0.3) is 0 Å². The fourth-order valence-electron chi connectivity index (χ4n) is 3.51. The molecule has 0 saturated carbocycles. The Hall–Kier alpha value is -1.59. The van der Waals surface area contributed by atoms with Crippen LogP contribution in [0.4, 0.5) is 11.4 Å². The molecule has 2 aliphatic heterocycles. The summed E-state index contributed by atoms with van der Waals surface area (Å²) >= 11 is 0. The largest absolute Gasteiger partial charge is 0.371 e. The van der Waals surface area contributed by atoms with Crippen LogP contribution in [0.2, 0.25) is 0 Å². The second-order valence-corrected chi connectivity index (χ2v) is 6.37. The monoisotopic (exact) mass is 302 g/mol. The zero-order chi connectivity index (χ0) is 15.4. The van der Waals surface area contributed by atoms with Crippen molar-refractivity contribution in [2.24, 2.45) is 0 Å². The number of anilines is 2. The highest BCUT2D eigenvalue weighted by molar-refractivity contribution is 5.72. The molecule has 5 heteroatoms. The van der Waals surface area contributed by atoms with Crippen LogP contribution in [0, 0.1) is 0 Å². The first-order chi connectivity index (χ1) is 10.8. The lowest BCUT2D eigenvalue weighted by Crippen LogP contribution is -2.52. The number of likely N-dealkylation sites (N-methyl/N-ethyl adjacent to an activating group) is 1. The molecule has 0 aliphatic carbocycles. The van der Waals surface area contributed by atoms with E-state index in [9.17, 15) is 4.79 Å². The molecule has 1 N–H and O–H groups in total. The van der Waals surface area contributed by atoms with Crippen molar-refractivity contribution >= 4 is 17.8 Å². The normalized spacial score (nSPS) is 21.8. The summed E-state index contributed by atoms with van der Waals surface area (Å²) in [6.45, 7) is 7.08. The molecular weight excluding hydrogens is 276 g/mol. The molecule has 0 atom stereocenters. The van der Waals surface area contributed by atoms with Crippen molar-refractivity contribution in [3.63, 3.8) is 0 Å². The van der Waals surface area contributed by atoms with E-state index in [0.717, 1.165) is 31.2 Å². The van der Waals surface area contributed by atoms with Crippen molar-refractivity contribution in [2.75, 3.05) is 56.5 Å². The number of rotatable bonds is 4. The Morgan fingerprint density at radius 2 is 1.64 bits per heavy atom. The molecule has 0 bridgehead atoms. The van der Waals surface area contributed by atoms with E-state index in [4.69, 9.17) is 0 Å². The molecule has 1 aromatic carbocycles. The number of carbonyl (C=O) groups is 1. The molecule has 0 spiro atoms. The molecule has 2 saturated heterocycles. The average Bonchev–Trinajstić information content (AvgIpc) is 2.57. The number of nitrogens with zero attached hydrogens (tertiary/aromatic N) is 3. The molecule has 2 aliphatic rings. The highest BCUT2D eigenvalue weighted by Crippen LogP contribution is 2.24. The van der Waals surface area contributed by atoms with Crippen molar-refractivity contribution in [1.29, 1.82) is 0 Å². The first-order valence-electron chi connectivity index (χ1n) is 8.24. The van der Waals surface area contributed by atoms with Crippen LogP contribution in [0.1, 0.15) is 12.8 Å². The Morgan fingerprint density at radius 1 is 1.00 bits per heavy atom. The number of hydrogen-bond acceptors (Lipinski definition) is 4. The molecule has 22 heavy (non-hydrogen) atoms. The minimum atomic E-state index is 0.719. The average molecular weight is 302 g/mol. The van der Waals surface area contributed by atoms with Gasteiger partial charge in [0.25, 0.3) is 0 Å². The van der Waals surface area contributed by atoms with E-state index >= 15 is 0 Å². The third kappa shape index (κ3) is 3.59. The van der Waals surface area contributed by atoms with Crippen LogP contribution in [0.15, 0.2) is 24.3 Å². The van der Waals surface area contributed by atoms with E-state index in [1.807, 2.05) is 12.1 Å². The Balaban J connectivity index is 1.51. The number of amides is 1. The van der Waals surface area contributed by atoms with Gasteiger partial charge in [0.05, 0.1) is 0 Å². The van der Waals surface area contributed by atoms with Crippen LogP contribution in [0.5, 0.6) is 0 Å². The fraction of sp³-hybridized carbons (Fsp3) is 0.588. The summed E-state index contributed by atoms with van der Waals surface area (Å²) in [5.74, 6) is 0. The first-order valence-corrected chi connectivity index (χ1v) is 8.24. The number of benzene rings is 1. The van der Waals surface area contributed by atoms with Crippen molar-refractivity contribution in [3.05, 3.63) is 24.3 Å². The summed E-state index contributed by atoms with van der Waals surface area (Å²) in [6.07, 6.45) is 3.21. The van der Waals surface area contributed by atoms with E-state index < -0.39 is 0 Å². The van der Waals surface area contributed by atoms with Crippen molar-refractivity contribution in [3.8, 4) is 0 Å². The summed E-state index contributed by atoms with van der Waals surface area (Å²) in [7, 11) is 2.21. The maximum absolute atomic E-state index is 10.4. The smallest absolute Gasteiger partial charge is 0.211 e. The standard InChI is InChI=1S/C17H26N4O/c1-19-10-12-21(13-11-19)17-6-8-20(9-7-17)16-4-2-15(3-5-16)18-14-22/h2-5,14,17H,6-13H2,1H3,(H,18,22). The Bertz CT molecular complexity index is 474. The van der Waals surface area contributed by atoms with E-state index in [-0.39, 0.29) is 0 Å². The van der Waals surface area contributed by atoms with Crippen molar-refractivity contribution in [1.82, 2.24) is 9.80 Å². The predicted molar refractivity (Wildman–Crippen MR) is 90.4 cm³/mol. The Kier molecular flexibility index (Phi) is 4.95. The lowest BCUT2D eigenvalue weighted by Gasteiger charge is -2.42. The molecule has 0 aromatic heterocycles. The molecule has 2 fully saturated rings. The molecule has 3 rings (SSSR count). The topological polar surface area (TPSA) is 38.8 Å². The second-order valence-electron chi connectivity index (χ2n) is 6.37. The van der Waals surface area contributed by atoms with Gasteiger partial charge >= 0.3 is 0 Å². The Labute approximate surface area is 132 Å². The SMILES string of the molecule is CN1CCN(C2CCN(c3ccc(NC=O)cc3)CC2)CC1. The van der Waals surface area contributed by atoms with Gasteiger partial charge in [-0.1, -0.05) is 0 Å². The highest BCUT2D eigenvalue weighted by Gasteiger charge is 2.26. The molecule has 1 aromatic rings.